The Labute approximate surface area is 186 Å². The van der Waals surface area contributed by atoms with E-state index in [0.717, 1.165) is 49.9 Å². The lowest BCUT2D eigenvalue weighted by molar-refractivity contribution is -0.138. The minimum atomic E-state index is -0.307. The summed E-state index contributed by atoms with van der Waals surface area (Å²) in [5.74, 6) is 0.521. The van der Waals surface area contributed by atoms with Crippen molar-refractivity contribution < 1.29 is 14.3 Å². The van der Waals surface area contributed by atoms with Gasteiger partial charge in [-0.25, -0.2) is 4.79 Å². The number of hydrogen-bond donors (Lipinski definition) is 3. The molecule has 1 aromatic rings. The number of amidine groups is 1. The minimum absolute atomic E-state index is 0.173. The van der Waals surface area contributed by atoms with Gasteiger partial charge in [0.2, 0.25) is 5.91 Å². The number of hydrogen-bond acceptors (Lipinski definition) is 6. The summed E-state index contributed by atoms with van der Waals surface area (Å²) in [7, 11) is 0. The molecule has 32 heavy (non-hydrogen) atoms. The van der Waals surface area contributed by atoms with Gasteiger partial charge in [0.05, 0.1) is 16.7 Å². The van der Waals surface area contributed by atoms with Crippen molar-refractivity contribution in [1.82, 2.24) is 15.5 Å². The molecule has 1 amide bonds. The van der Waals surface area contributed by atoms with Crippen molar-refractivity contribution >= 4 is 17.7 Å². The monoisotopic (exact) mass is 436 g/mol. The molecule has 3 N–H and O–H groups in total. The van der Waals surface area contributed by atoms with Crippen molar-refractivity contribution in [2.24, 2.45) is 15.7 Å². The fourth-order valence-electron chi connectivity index (χ4n) is 5.47. The first kappa shape index (κ1) is 20.8. The van der Waals surface area contributed by atoms with Gasteiger partial charge in [0, 0.05) is 31.2 Å². The first-order chi connectivity index (χ1) is 15.5. The van der Waals surface area contributed by atoms with E-state index in [1.165, 1.54) is 11.1 Å². The first-order valence-electron chi connectivity index (χ1n) is 11.2. The number of likely N-dealkylation sites (tertiary alicyclic amines) is 1. The molecule has 1 saturated heterocycles. The Morgan fingerprint density at radius 3 is 2.81 bits per heavy atom. The van der Waals surface area contributed by atoms with Gasteiger partial charge < -0.3 is 20.3 Å². The molecule has 1 spiro atoms. The number of rotatable bonds is 5. The highest BCUT2D eigenvalue weighted by atomic mass is 16.5. The molecule has 1 aliphatic carbocycles. The predicted molar refractivity (Wildman–Crippen MR) is 116 cm³/mol. The Hall–Kier alpha value is -3.07. The molecule has 168 valence electrons. The van der Waals surface area contributed by atoms with Crippen LogP contribution in [-0.2, 0) is 27.4 Å². The summed E-state index contributed by atoms with van der Waals surface area (Å²) in [4.78, 5) is 26.8. The number of ether oxygens (including phenoxy) is 1. The van der Waals surface area contributed by atoms with Crippen LogP contribution >= 0.6 is 0 Å². The second-order valence-corrected chi connectivity index (χ2v) is 9.18. The molecule has 3 aliphatic heterocycles. The SMILES string of the molecule is CC1=C(N2CC[C@]3(CC[C@@H](NCc4ccc5c(c4)CN/C5=N\N=N)CC3)C2=O)COC1=O. The van der Waals surface area contributed by atoms with Crippen molar-refractivity contribution in [3.05, 3.63) is 46.2 Å². The quantitative estimate of drug-likeness (QED) is 0.372. The highest BCUT2D eigenvalue weighted by Gasteiger charge is 2.50. The third-order valence-corrected chi connectivity index (χ3v) is 7.48. The number of amides is 1. The minimum Gasteiger partial charge on any atom is -0.456 e. The van der Waals surface area contributed by atoms with Gasteiger partial charge in [0.1, 0.15) is 6.61 Å². The molecule has 5 rings (SSSR count). The number of esters is 1. The van der Waals surface area contributed by atoms with Gasteiger partial charge >= 0.3 is 5.97 Å². The summed E-state index contributed by atoms with van der Waals surface area (Å²) in [5, 5.41) is 13.8. The Morgan fingerprint density at radius 2 is 2.09 bits per heavy atom. The number of nitrogens with one attached hydrogen (secondary N) is 3. The summed E-state index contributed by atoms with van der Waals surface area (Å²) >= 11 is 0. The van der Waals surface area contributed by atoms with E-state index in [9.17, 15) is 9.59 Å². The lowest BCUT2D eigenvalue weighted by Crippen LogP contribution is -2.42. The molecule has 0 radical (unpaired) electrons. The molecule has 2 fully saturated rings. The average Bonchev–Trinajstić information content (AvgIpc) is 3.45. The molecule has 4 aliphatic rings. The molecule has 0 unspecified atom stereocenters. The Morgan fingerprint density at radius 1 is 1.28 bits per heavy atom. The van der Waals surface area contributed by atoms with E-state index in [-0.39, 0.29) is 23.9 Å². The molecular formula is C23H28N6O3. The number of carbonyl (C=O) groups excluding carboxylic acids is 2. The standard InChI is InChI=1S/C23H28N6O3/c1-14-19(13-32-21(14)30)29-9-8-23(22(29)31)6-4-17(5-7-23)25-11-15-2-3-18-16(10-15)12-26-20(18)27-28-24/h2-3,10,17,25H,4-9,11-13H2,1H3,(H2,24,26,27)/t17-,23-. The third kappa shape index (κ3) is 3.50. The van der Waals surface area contributed by atoms with Crippen LogP contribution in [0.2, 0.25) is 0 Å². The molecule has 1 saturated carbocycles. The Kier molecular flexibility index (Phi) is 5.28. The molecule has 0 aromatic heterocycles. The maximum atomic E-state index is 13.3. The lowest BCUT2D eigenvalue weighted by atomic mass is 9.71. The number of cyclic esters (lactones) is 1. The Balaban J connectivity index is 1.17. The van der Waals surface area contributed by atoms with Crippen LogP contribution in [0.25, 0.3) is 0 Å². The topological polar surface area (TPSA) is 119 Å². The molecule has 0 bridgehead atoms. The Bertz CT molecular complexity index is 1040. The van der Waals surface area contributed by atoms with Crippen molar-refractivity contribution in [2.45, 2.75) is 58.2 Å². The van der Waals surface area contributed by atoms with Crippen LogP contribution in [0.4, 0.5) is 0 Å². The van der Waals surface area contributed by atoms with Crippen molar-refractivity contribution in [2.75, 3.05) is 13.2 Å². The highest BCUT2D eigenvalue weighted by Crippen LogP contribution is 2.46. The summed E-state index contributed by atoms with van der Waals surface area (Å²) in [5.41, 5.74) is 11.4. The second-order valence-electron chi connectivity index (χ2n) is 9.18. The largest absolute Gasteiger partial charge is 0.456 e. The van der Waals surface area contributed by atoms with Crippen molar-refractivity contribution in [1.29, 1.82) is 5.53 Å². The zero-order valence-corrected chi connectivity index (χ0v) is 18.2. The average molecular weight is 437 g/mol. The predicted octanol–water partition coefficient (Wildman–Crippen LogP) is 2.56. The lowest BCUT2D eigenvalue weighted by Gasteiger charge is -2.36. The molecule has 3 heterocycles. The van der Waals surface area contributed by atoms with E-state index in [4.69, 9.17) is 10.3 Å². The van der Waals surface area contributed by atoms with E-state index in [1.54, 1.807) is 11.8 Å². The normalized spacial score (nSPS) is 28.5. The number of benzene rings is 1. The molecule has 0 atom stereocenters. The summed E-state index contributed by atoms with van der Waals surface area (Å²) < 4.78 is 5.11. The maximum absolute atomic E-state index is 13.3. The van der Waals surface area contributed by atoms with E-state index in [0.29, 0.717) is 30.5 Å². The van der Waals surface area contributed by atoms with Gasteiger partial charge in [-0.3, -0.25) is 4.79 Å². The van der Waals surface area contributed by atoms with Crippen molar-refractivity contribution in [3.63, 3.8) is 0 Å². The number of carbonyl (C=O) groups is 2. The van der Waals surface area contributed by atoms with Gasteiger partial charge in [-0.05, 0) is 50.2 Å². The highest BCUT2D eigenvalue weighted by molar-refractivity contribution is 6.02. The van der Waals surface area contributed by atoms with E-state index >= 15 is 0 Å². The first-order valence-corrected chi connectivity index (χ1v) is 11.2. The summed E-state index contributed by atoms with van der Waals surface area (Å²) in [6, 6.07) is 6.69. The van der Waals surface area contributed by atoms with Gasteiger partial charge in [-0.1, -0.05) is 23.4 Å². The van der Waals surface area contributed by atoms with Crippen LogP contribution in [0.15, 0.2) is 39.8 Å². The fraction of sp³-hybridized carbons (Fsp3) is 0.522. The van der Waals surface area contributed by atoms with Gasteiger partial charge in [0.25, 0.3) is 0 Å². The van der Waals surface area contributed by atoms with Gasteiger partial charge in [-0.2, -0.15) is 5.53 Å². The van der Waals surface area contributed by atoms with Crippen LogP contribution in [0.3, 0.4) is 0 Å². The molecular weight excluding hydrogens is 408 g/mol. The number of fused-ring (bicyclic) bond motifs is 1. The van der Waals surface area contributed by atoms with Crippen LogP contribution < -0.4 is 10.6 Å². The maximum Gasteiger partial charge on any atom is 0.336 e. The van der Waals surface area contributed by atoms with Gasteiger partial charge in [-0.15, -0.1) is 5.10 Å². The summed E-state index contributed by atoms with van der Waals surface area (Å²) in [6.45, 7) is 4.14. The van der Waals surface area contributed by atoms with E-state index in [1.807, 2.05) is 6.07 Å². The summed E-state index contributed by atoms with van der Waals surface area (Å²) in [6.07, 6.45) is 4.57. The van der Waals surface area contributed by atoms with E-state index < -0.39 is 0 Å². The molecule has 1 aromatic carbocycles. The third-order valence-electron chi connectivity index (χ3n) is 7.48. The molecule has 9 heteroatoms. The molecule has 9 nitrogen and oxygen atoms in total. The van der Waals surface area contributed by atoms with Crippen LogP contribution in [-0.4, -0.2) is 41.8 Å². The van der Waals surface area contributed by atoms with E-state index in [2.05, 4.69) is 33.1 Å². The van der Waals surface area contributed by atoms with Crippen LogP contribution in [0, 0.1) is 10.9 Å². The fourth-order valence-corrected chi connectivity index (χ4v) is 5.47. The number of nitrogens with zero attached hydrogens (tertiary/aromatic N) is 3. The second kappa shape index (κ2) is 8.12. The van der Waals surface area contributed by atoms with Gasteiger partial charge in [0.15, 0.2) is 5.84 Å². The smallest absolute Gasteiger partial charge is 0.336 e. The zero-order valence-electron chi connectivity index (χ0n) is 18.2. The van der Waals surface area contributed by atoms with Crippen LogP contribution in [0.5, 0.6) is 0 Å². The zero-order chi connectivity index (χ0) is 22.3. The van der Waals surface area contributed by atoms with Crippen molar-refractivity contribution in [3.8, 4) is 0 Å². The van der Waals surface area contributed by atoms with Crippen LogP contribution in [0.1, 0.15) is 55.7 Å².